The van der Waals surface area contributed by atoms with Crippen LogP contribution >= 0.6 is 7.81 Å². The van der Waals surface area contributed by atoms with Crippen molar-refractivity contribution in [3.8, 4) is 5.75 Å². The molecule has 0 spiro atoms. The van der Waals surface area contributed by atoms with Gasteiger partial charge in [0.15, 0.2) is 10.7 Å². The molecule has 0 aromatic heterocycles. The number of diazo groups is 1. The summed E-state index contributed by atoms with van der Waals surface area (Å²) in [6, 6.07) is 5.33. The van der Waals surface area contributed by atoms with Gasteiger partial charge in [0.2, 0.25) is 5.39 Å². The second-order valence-electron chi connectivity index (χ2n) is 4.98. The molecule has 2 rings (SSSR count). The van der Waals surface area contributed by atoms with E-state index in [2.05, 4.69) is 9.88 Å². The zero-order valence-electron chi connectivity index (χ0n) is 12.4. The maximum atomic E-state index is 9.87. The predicted molar refractivity (Wildman–Crippen MR) is 78.8 cm³/mol. The summed E-state index contributed by atoms with van der Waals surface area (Å²) >= 11 is 0. The molecular formula is C12H16F6N3O2P. The van der Waals surface area contributed by atoms with Gasteiger partial charge in [-0.1, -0.05) is 0 Å². The summed E-state index contributed by atoms with van der Waals surface area (Å²) in [6.07, 6.45) is 2.37. The molecule has 0 aliphatic carbocycles. The maximum absolute atomic E-state index is 10.7. The zero-order chi connectivity index (χ0) is 18.5. The van der Waals surface area contributed by atoms with Crippen molar-refractivity contribution in [2.24, 2.45) is 0 Å². The number of ether oxygens (including phenoxy) is 1. The van der Waals surface area contributed by atoms with E-state index in [1.807, 2.05) is 6.07 Å². The average Bonchev–Trinajstić information content (AvgIpc) is 2.95. The molecule has 1 saturated heterocycles. The molecule has 5 nitrogen and oxygen atoms in total. The average molecular weight is 379 g/mol. The second kappa shape index (κ2) is 6.61. The van der Waals surface area contributed by atoms with Crippen LogP contribution in [0.5, 0.6) is 5.75 Å². The third-order valence-corrected chi connectivity index (χ3v) is 2.85. The molecule has 1 aliphatic rings. The number of rotatable bonds is 4. The fourth-order valence-corrected chi connectivity index (χ4v) is 2.06. The molecule has 1 fully saturated rings. The number of hydrogen-bond donors (Lipinski definition) is 1. The summed E-state index contributed by atoms with van der Waals surface area (Å²) in [5, 5.41) is 17.5. The fourth-order valence-electron chi connectivity index (χ4n) is 2.06. The smallest absolute Gasteiger partial charge is 0.388 e. The van der Waals surface area contributed by atoms with Gasteiger partial charge < -0.3 is 14.7 Å². The van der Waals surface area contributed by atoms with E-state index in [-0.39, 0.29) is 13.2 Å². The van der Waals surface area contributed by atoms with Gasteiger partial charge in [0.25, 0.3) is 0 Å². The Morgan fingerprint density at radius 3 is 2.12 bits per heavy atom. The van der Waals surface area contributed by atoms with Crippen LogP contribution in [0.3, 0.4) is 0 Å². The van der Waals surface area contributed by atoms with Crippen molar-refractivity contribution in [1.82, 2.24) is 0 Å². The number of aliphatic hydroxyl groups excluding tert-OH is 1. The first-order chi connectivity index (χ1) is 10.8. The number of hydrogen-bond acceptors (Lipinski definition) is 4. The van der Waals surface area contributed by atoms with Gasteiger partial charge in [-0.25, -0.2) is 0 Å². The van der Waals surface area contributed by atoms with Crippen LogP contribution in [0, 0.1) is 5.39 Å². The zero-order valence-corrected chi connectivity index (χ0v) is 13.3. The van der Waals surface area contributed by atoms with Gasteiger partial charge in [0, 0.05) is 19.2 Å². The van der Waals surface area contributed by atoms with Crippen LogP contribution in [-0.4, -0.2) is 31.4 Å². The van der Waals surface area contributed by atoms with Gasteiger partial charge in [-0.15, -0.1) is 0 Å². The summed E-state index contributed by atoms with van der Waals surface area (Å²) < 4.78 is 64.7. The number of nitrogens with zero attached hydrogens (tertiary/aromatic N) is 3. The molecule has 138 valence electrons. The van der Waals surface area contributed by atoms with Crippen LogP contribution in [-0.2, 0) is 0 Å². The van der Waals surface area contributed by atoms with Gasteiger partial charge in [0.05, 0.1) is 18.4 Å². The Bertz CT molecular complexity index is 600. The van der Waals surface area contributed by atoms with E-state index in [0.29, 0.717) is 11.4 Å². The number of halogens is 6. The summed E-state index contributed by atoms with van der Waals surface area (Å²) in [5.74, 6) is 0.663. The molecule has 12 heteroatoms. The molecule has 0 radical (unpaired) electrons. The van der Waals surface area contributed by atoms with Gasteiger partial charge in [-0.3, -0.25) is 0 Å². The molecule has 1 aromatic carbocycles. The van der Waals surface area contributed by atoms with Crippen LogP contribution in [0.1, 0.15) is 12.8 Å². The predicted octanol–water partition coefficient (Wildman–Crippen LogP) is 5.52. The third-order valence-electron chi connectivity index (χ3n) is 2.85. The molecule has 0 unspecified atom stereocenters. The van der Waals surface area contributed by atoms with Gasteiger partial charge in [0.1, 0.15) is 6.61 Å². The van der Waals surface area contributed by atoms with Crippen molar-refractivity contribution >= 4 is 19.2 Å². The van der Waals surface area contributed by atoms with E-state index in [9.17, 15) is 25.2 Å². The molecule has 0 saturated carbocycles. The number of benzene rings is 1. The molecule has 0 bridgehead atoms. The quantitative estimate of drug-likeness (QED) is 0.425. The monoisotopic (exact) mass is 379 g/mol. The Balaban J connectivity index is 0.000000351. The molecule has 24 heavy (non-hydrogen) atoms. The third kappa shape index (κ3) is 9.37. The van der Waals surface area contributed by atoms with Gasteiger partial charge in [-0.05, 0) is 18.9 Å². The first-order valence-electron chi connectivity index (χ1n) is 6.84. The van der Waals surface area contributed by atoms with Crippen molar-refractivity contribution in [2.75, 3.05) is 31.2 Å². The number of aliphatic hydroxyl groups is 1. The Morgan fingerprint density at radius 1 is 1.12 bits per heavy atom. The van der Waals surface area contributed by atoms with E-state index in [0.717, 1.165) is 18.8 Å². The van der Waals surface area contributed by atoms with E-state index in [4.69, 9.17) is 15.2 Å². The van der Waals surface area contributed by atoms with Gasteiger partial charge in [-0.2, -0.15) is 0 Å². The summed E-state index contributed by atoms with van der Waals surface area (Å²) in [5.41, 5.74) is 1.46. The van der Waals surface area contributed by atoms with Crippen LogP contribution in [0.25, 0.3) is 4.98 Å². The van der Waals surface area contributed by atoms with E-state index in [1.54, 1.807) is 12.1 Å². The van der Waals surface area contributed by atoms with Crippen LogP contribution in [0.15, 0.2) is 18.2 Å². The van der Waals surface area contributed by atoms with E-state index < -0.39 is 7.81 Å². The Morgan fingerprint density at radius 2 is 1.67 bits per heavy atom. The van der Waals surface area contributed by atoms with Gasteiger partial charge >= 0.3 is 38.7 Å². The maximum Gasteiger partial charge on any atom is 0.388 e. The largest absolute Gasteiger partial charge is 0.489 e. The molecule has 0 amide bonds. The van der Waals surface area contributed by atoms with Crippen molar-refractivity contribution in [3.63, 3.8) is 0 Å². The van der Waals surface area contributed by atoms with Crippen molar-refractivity contribution < 1.29 is 35.0 Å². The second-order valence-corrected chi connectivity index (χ2v) is 6.89. The van der Waals surface area contributed by atoms with Crippen LogP contribution in [0.4, 0.5) is 36.6 Å². The van der Waals surface area contributed by atoms with E-state index in [1.165, 1.54) is 12.8 Å². The molecule has 1 heterocycles. The topological polar surface area (TPSA) is 60.9 Å². The Hall–Kier alpha value is -1.79. The Kier molecular flexibility index (Phi) is 5.58. The van der Waals surface area contributed by atoms with Crippen molar-refractivity contribution in [3.05, 3.63) is 23.2 Å². The molecule has 1 N–H and O–H groups in total. The minimum absolute atomic E-state index is 0.0278. The first kappa shape index (κ1) is 20.3. The molecule has 0 atom stereocenters. The normalized spacial score (nSPS) is 17.2. The Labute approximate surface area is 133 Å². The molecule has 1 aliphatic heterocycles. The van der Waals surface area contributed by atoms with Crippen molar-refractivity contribution in [1.29, 1.82) is 5.39 Å². The minimum Gasteiger partial charge on any atom is -0.489 e. The van der Waals surface area contributed by atoms with Crippen LogP contribution in [0.2, 0.25) is 0 Å². The SMILES string of the molecule is F[P-](F)(F)(F)(F)F.N#[N+]c1ccc(N2CCCC2)c(OCCO)c1. The standard InChI is InChI=1S/C12H16N3O2.F6P/c13-14-10-3-4-11(15-5-1-2-6-15)12(9-10)17-8-7-16;1-7(2,3,4,5)6/h3-4,9,16H,1-2,5-8H2;/q+1;-1. The first-order valence-corrected chi connectivity index (χ1v) is 8.87. The van der Waals surface area contributed by atoms with Crippen LogP contribution < -0.4 is 9.64 Å². The molecule has 1 aromatic rings. The fraction of sp³-hybridized carbons (Fsp3) is 0.500. The number of anilines is 1. The molecular weight excluding hydrogens is 363 g/mol. The summed E-state index contributed by atoms with van der Waals surface area (Å²) in [4.78, 5) is 5.39. The van der Waals surface area contributed by atoms with E-state index >= 15 is 0 Å². The summed E-state index contributed by atoms with van der Waals surface area (Å²) in [6.45, 7) is 2.26. The summed E-state index contributed by atoms with van der Waals surface area (Å²) in [7, 11) is -10.7. The minimum atomic E-state index is -10.7. The van der Waals surface area contributed by atoms with Crippen molar-refractivity contribution in [2.45, 2.75) is 12.8 Å².